The maximum absolute atomic E-state index is 12.5. The summed E-state index contributed by atoms with van der Waals surface area (Å²) in [6.45, 7) is 5.31. The zero-order chi connectivity index (χ0) is 17.3. The normalized spacial score (nSPS) is 26.2. The van der Waals surface area contributed by atoms with Crippen LogP contribution in [-0.4, -0.2) is 47.7 Å². The van der Waals surface area contributed by atoms with Gasteiger partial charge in [-0.05, 0) is 36.8 Å². The van der Waals surface area contributed by atoms with Gasteiger partial charge in [-0.3, -0.25) is 4.79 Å². The van der Waals surface area contributed by atoms with Gasteiger partial charge in [0.2, 0.25) is 0 Å². The Morgan fingerprint density at radius 1 is 1.33 bits per heavy atom. The summed E-state index contributed by atoms with van der Waals surface area (Å²) in [7, 11) is 0. The van der Waals surface area contributed by atoms with Crippen LogP contribution in [0, 0.1) is 18.8 Å². The van der Waals surface area contributed by atoms with Crippen LogP contribution in [0.3, 0.4) is 0 Å². The fraction of sp³-hybridized carbons (Fsp3) is 0.556. The number of carbonyl (C=O) groups excluding carboxylic acids is 1. The Bertz CT molecular complexity index is 646. The Labute approximate surface area is 141 Å². The number of aryl methyl sites for hydroxylation is 1. The Morgan fingerprint density at radius 3 is 2.88 bits per heavy atom. The van der Waals surface area contributed by atoms with Crippen LogP contribution in [-0.2, 0) is 11.2 Å². The van der Waals surface area contributed by atoms with Crippen LogP contribution in [0.25, 0.3) is 0 Å². The van der Waals surface area contributed by atoms with E-state index in [1.807, 2.05) is 32.0 Å². The molecule has 0 spiro atoms. The topological polar surface area (TPSA) is 78.9 Å². The smallest absolute Gasteiger partial charge is 0.317 e. The molecule has 1 aromatic carbocycles. The van der Waals surface area contributed by atoms with Crippen molar-refractivity contribution in [3.8, 4) is 5.75 Å². The summed E-state index contributed by atoms with van der Waals surface area (Å²) < 4.78 is 5.81. The van der Waals surface area contributed by atoms with Crippen molar-refractivity contribution in [1.29, 1.82) is 0 Å². The SMILES string of the molecule is Cc1cccc2c1OCC(NC(=O)N1CC(C)CC(C(=O)O)C1)C2. The number of carboxylic acids is 1. The van der Waals surface area contributed by atoms with Crippen molar-refractivity contribution in [2.24, 2.45) is 11.8 Å². The number of rotatable bonds is 2. The number of ether oxygens (including phenoxy) is 1. The molecule has 2 N–H and O–H groups in total. The summed E-state index contributed by atoms with van der Waals surface area (Å²) >= 11 is 0. The lowest BCUT2D eigenvalue weighted by molar-refractivity contribution is -0.143. The second kappa shape index (κ2) is 6.71. The standard InChI is InChI=1S/C18H24N2O4/c1-11-6-14(17(21)22)9-20(8-11)18(23)19-15-7-13-5-3-4-12(2)16(13)24-10-15/h3-5,11,14-15H,6-10H2,1-2H3,(H,19,23)(H,21,22). The fourth-order valence-corrected chi connectivity index (χ4v) is 3.64. The second-order valence-corrected chi connectivity index (χ2v) is 7.01. The van der Waals surface area contributed by atoms with E-state index in [4.69, 9.17) is 4.74 Å². The van der Waals surface area contributed by atoms with Gasteiger partial charge in [-0.1, -0.05) is 25.1 Å². The van der Waals surface area contributed by atoms with Gasteiger partial charge in [-0.25, -0.2) is 4.79 Å². The lowest BCUT2D eigenvalue weighted by Gasteiger charge is -2.36. The van der Waals surface area contributed by atoms with Gasteiger partial charge in [0.25, 0.3) is 0 Å². The summed E-state index contributed by atoms with van der Waals surface area (Å²) in [5.41, 5.74) is 2.20. The van der Waals surface area contributed by atoms with Gasteiger partial charge in [0.15, 0.2) is 0 Å². The largest absolute Gasteiger partial charge is 0.491 e. The highest BCUT2D eigenvalue weighted by molar-refractivity contribution is 5.77. The number of likely N-dealkylation sites (tertiary alicyclic amines) is 1. The maximum atomic E-state index is 12.5. The minimum absolute atomic E-state index is 0.0905. The number of hydrogen-bond acceptors (Lipinski definition) is 3. The molecule has 1 saturated heterocycles. The number of fused-ring (bicyclic) bond motifs is 1. The number of para-hydroxylation sites is 1. The molecule has 0 bridgehead atoms. The molecule has 0 aromatic heterocycles. The number of urea groups is 1. The zero-order valence-electron chi connectivity index (χ0n) is 14.1. The molecule has 130 valence electrons. The number of benzene rings is 1. The molecule has 3 unspecified atom stereocenters. The van der Waals surface area contributed by atoms with E-state index in [0.29, 0.717) is 19.6 Å². The number of nitrogens with zero attached hydrogens (tertiary/aromatic N) is 1. The van der Waals surface area contributed by atoms with Gasteiger partial charge >= 0.3 is 12.0 Å². The van der Waals surface area contributed by atoms with Crippen molar-refractivity contribution >= 4 is 12.0 Å². The van der Waals surface area contributed by atoms with Crippen molar-refractivity contribution in [3.05, 3.63) is 29.3 Å². The lowest BCUT2D eigenvalue weighted by Crippen LogP contribution is -2.53. The van der Waals surface area contributed by atoms with E-state index in [0.717, 1.165) is 23.3 Å². The van der Waals surface area contributed by atoms with Crippen LogP contribution in [0.4, 0.5) is 4.79 Å². The molecule has 3 rings (SSSR count). The second-order valence-electron chi connectivity index (χ2n) is 7.01. The minimum atomic E-state index is -0.829. The van der Waals surface area contributed by atoms with Gasteiger partial charge in [-0.2, -0.15) is 0 Å². The number of carboxylic acid groups (broad SMARTS) is 1. The zero-order valence-corrected chi connectivity index (χ0v) is 14.1. The molecular formula is C18H24N2O4. The molecule has 0 aliphatic carbocycles. The highest BCUT2D eigenvalue weighted by Crippen LogP contribution is 2.28. The summed E-state index contributed by atoms with van der Waals surface area (Å²) in [5, 5.41) is 12.2. The van der Waals surface area contributed by atoms with Gasteiger partial charge in [0.1, 0.15) is 12.4 Å². The molecule has 2 heterocycles. The van der Waals surface area contributed by atoms with E-state index < -0.39 is 11.9 Å². The van der Waals surface area contributed by atoms with E-state index in [1.54, 1.807) is 4.90 Å². The van der Waals surface area contributed by atoms with Crippen molar-refractivity contribution in [2.75, 3.05) is 19.7 Å². The Morgan fingerprint density at radius 2 is 2.12 bits per heavy atom. The number of hydrogen-bond donors (Lipinski definition) is 2. The summed E-state index contributed by atoms with van der Waals surface area (Å²) in [5.74, 6) is -0.202. The van der Waals surface area contributed by atoms with Crippen LogP contribution < -0.4 is 10.1 Å². The number of carbonyl (C=O) groups is 2. The summed E-state index contributed by atoms with van der Waals surface area (Å²) in [4.78, 5) is 25.4. The quantitative estimate of drug-likeness (QED) is 0.869. The third-order valence-electron chi connectivity index (χ3n) is 4.81. The van der Waals surface area contributed by atoms with Gasteiger partial charge in [-0.15, -0.1) is 0 Å². The number of aliphatic carboxylic acids is 1. The average molecular weight is 332 g/mol. The first-order valence-electron chi connectivity index (χ1n) is 8.43. The van der Waals surface area contributed by atoms with E-state index in [-0.39, 0.29) is 24.5 Å². The highest BCUT2D eigenvalue weighted by Gasteiger charge is 2.33. The molecule has 6 nitrogen and oxygen atoms in total. The van der Waals surface area contributed by atoms with Crippen LogP contribution >= 0.6 is 0 Å². The van der Waals surface area contributed by atoms with Crippen molar-refractivity contribution < 1.29 is 19.4 Å². The van der Waals surface area contributed by atoms with E-state index in [9.17, 15) is 14.7 Å². The number of piperidine rings is 1. The molecule has 2 aliphatic heterocycles. The lowest BCUT2D eigenvalue weighted by atomic mass is 9.91. The molecule has 1 fully saturated rings. The average Bonchev–Trinajstić information content (AvgIpc) is 2.54. The van der Waals surface area contributed by atoms with E-state index in [1.165, 1.54) is 0 Å². The van der Waals surface area contributed by atoms with Crippen molar-refractivity contribution in [2.45, 2.75) is 32.7 Å². The van der Waals surface area contributed by atoms with E-state index in [2.05, 4.69) is 5.32 Å². The highest BCUT2D eigenvalue weighted by atomic mass is 16.5. The number of amides is 2. The molecule has 2 aliphatic rings. The first-order chi connectivity index (χ1) is 11.4. The minimum Gasteiger partial charge on any atom is -0.491 e. The van der Waals surface area contributed by atoms with Crippen molar-refractivity contribution in [1.82, 2.24) is 10.2 Å². The van der Waals surface area contributed by atoms with Crippen LogP contribution in [0.5, 0.6) is 5.75 Å². The molecular weight excluding hydrogens is 308 g/mol. The monoisotopic (exact) mass is 332 g/mol. The Hall–Kier alpha value is -2.24. The molecule has 0 saturated carbocycles. The molecule has 0 radical (unpaired) electrons. The molecule has 6 heteroatoms. The van der Waals surface area contributed by atoms with Crippen LogP contribution in [0.1, 0.15) is 24.5 Å². The maximum Gasteiger partial charge on any atom is 0.317 e. The third kappa shape index (κ3) is 3.47. The first-order valence-corrected chi connectivity index (χ1v) is 8.43. The summed E-state index contributed by atoms with van der Waals surface area (Å²) in [6, 6.07) is 5.74. The molecule has 1 aromatic rings. The van der Waals surface area contributed by atoms with Crippen molar-refractivity contribution in [3.63, 3.8) is 0 Å². The van der Waals surface area contributed by atoms with Crippen LogP contribution in [0.15, 0.2) is 18.2 Å². The molecule has 3 atom stereocenters. The molecule has 24 heavy (non-hydrogen) atoms. The Balaban J connectivity index is 1.62. The fourth-order valence-electron chi connectivity index (χ4n) is 3.64. The summed E-state index contributed by atoms with van der Waals surface area (Å²) in [6.07, 6.45) is 1.35. The molecule has 2 amide bonds. The van der Waals surface area contributed by atoms with Gasteiger partial charge in [0, 0.05) is 13.1 Å². The van der Waals surface area contributed by atoms with E-state index >= 15 is 0 Å². The third-order valence-corrected chi connectivity index (χ3v) is 4.81. The first kappa shape index (κ1) is 16.6. The van der Waals surface area contributed by atoms with Crippen LogP contribution in [0.2, 0.25) is 0 Å². The Kier molecular flexibility index (Phi) is 4.64. The predicted octanol–water partition coefficient (Wildman–Crippen LogP) is 2.05. The predicted molar refractivity (Wildman–Crippen MR) is 89.2 cm³/mol. The van der Waals surface area contributed by atoms with Gasteiger partial charge in [0.05, 0.1) is 12.0 Å². The number of nitrogens with one attached hydrogen (secondary N) is 1. The van der Waals surface area contributed by atoms with Gasteiger partial charge < -0.3 is 20.1 Å².